The maximum atomic E-state index is 11.0. The first kappa shape index (κ1) is 14.0. The van der Waals surface area contributed by atoms with Gasteiger partial charge in [-0.15, -0.1) is 0 Å². The largest absolute Gasteiger partial charge is 0.508 e. The fourth-order valence-corrected chi connectivity index (χ4v) is 2.39. The molecule has 0 aliphatic heterocycles. The van der Waals surface area contributed by atoms with Gasteiger partial charge in [-0.3, -0.25) is 0 Å². The highest BCUT2D eigenvalue weighted by molar-refractivity contribution is 5.93. The molecule has 0 aliphatic rings. The predicted octanol–water partition coefficient (Wildman–Crippen LogP) is 3.16. The van der Waals surface area contributed by atoms with E-state index in [2.05, 4.69) is 0 Å². The number of aromatic hydroxyl groups is 1. The highest BCUT2D eigenvalue weighted by atomic mass is 16.5. The van der Waals surface area contributed by atoms with Crippen LogP contribution >= 0.6 is 0 Å². The standard InChI is InChI=1S/C17H15NO4/c1-18-13(10-22-15-4-2-3-14(19)9-15)7-11-5-6-12(17(20)21)8-16(11)18/h2-9,19H,10H2,1H3,(H,20,21). The van der Waals surface area contributed by atoms with Crippen LogP contribution in [0.25, 0.3) is 10.9 Å². The molecular formula is C17H15NO4. The summed E-state index contributed by atoms with van der Waals surface area (Å²) < 4.78 is 7.57. The SMILES string of the molecule is Cn1c(COc2cccc(O)c2)cc2ccc(C(=O)O)cc21. The van der Waals surface area contributed by atoms with Crippen molar-refractivity contribution in [1.82, 2.24) is 4.57 Å². The molecule has 0 spiro atoms. The van der Waals surface area contributed by atoms with Gasteiger partial charge in [0.25, 0.3) is 0 Å². The van der Waals surface area contributed by atoms with E-state index in [-0.39, 0.29) is 11.3 Å². The number of nitrogens with zero attached hydrogens (tertiary/aromatic N) is 1. The van der Waals surface area contributed by atoms with Gasteiger partial charge in [0.2, 0.25) is 0 Å². The minimum absolute atomic E-state index is 0.153. The average Bonchev–Trinajstić information content (AvgIpc) is 2.81. The summed E-state index contributed by atoms with van der Waals surface area (Å²) in [7, 11) is 1.87. The van der Waals surface area contributed by atoms with Gasteiger partial charge in [0.15, 0.2) is 0 Å². The van der Waals surface area contributed by atoms with E-state index in [0.717, 1.165) is 16.6 Å². The lowest BCUT2D eigenvalue weighted by atomic mass is 10.1. The summed E-state index contributed by atoms with van der Waals surface area (Å²) in [5, 5.41) is 19.4. The average molecular weight is 297 g/mol. The van der Waals surface area contributed by atoms with Crippen LogP contribution in [0.4, 0.5) is 0 Å². The molecule has 0 aliphatic carbocycles. The molecule has 2 N–H and O–H groups in total. The number of fused-ring (bicyclic) bond motifs is 1. The molecular weight excluding hydrogens is 282 g/mol. The first-order valence-electron chi connectivity index (χ1n) is 6.78. The molecule has 5 nitrogen and oxygen atoms in total. The number of ether oxygens (including phenoxy) is 1. The number of carboxylic acid groups (broad SMARTS) is 1. The van der Waals surface area contributed by atoms with E-state index in [1.54, 1.807) is 42.5 Å². The summed E-state index contributed by atoms with van der Waals surface area (Å²) in [5.74, 6) is -0.210. The van der Waals surface area contributed by atoms with Gasteiger partial charge in [-0.05, 0) is 30.3 Å². The molecule has 5 heteroatoms. The van der Waals surface area contributed by atoms with Crippen molar-refractivity contribution in [2.75, 3.05) is 0 Å². The Hall–Kier alpha value is -2.95. The Bertz CT molecular complexity index is 851. The third-order valence-electron chi connectivity index (χ3n) is 3.60. The van der Waals surface area contributed by atoms with Gasteiger partial charge >= 0.3 is 5.97 Å². The second kappa shape index (κ2) is 5.44. The number of carbonyl (C=O) groups is 1. The molecule has 0 saturated carbocycles. The minimum Gasteiger partial charge on any atom is -0.508 e. The van der Waals surface area contributed by atoms with Gasteiger partial charge < -0.3 is 19.5 Å². The molecule has 0 atom stereocenters. The molecule has 1 heterocycles. The number of phenolic OH excluding ortho intramolecular Hbond substituents is 1. The van der Waals surface area contributed by atoms with Gasteiger partial charge in [-0.2, -0.15) is 0 Å². The Labute approximate surface area is 127 Å². The zero-order chi connectivity index (χ0) is 15.7. The fraction of sp³-hybridized carbons (Fsp3) is 0.118. The molecule has 0 fully saturated rings. The Morgan fingerprint density at radius 2 is 2.00 bits per heavy atom. The molecule has 3 rings (SSSR count). The predicted molar refractivity (Wildman–Crippen MR) is 82.3 cm³/mol. The van der Waals surface area contributed by atoms with Crippen LogP contribution in [0.2, 0.25) is 0 Å². The van der Waals surface area contributed by atoms with Crippen molar-refractivity contribution in [2.24, 2.45) is 7.05 Å². The van der Waals surface area contributed by atoms with Gasteiger partial charge in [-0.25, -0.2) is 4.79 Å². The molecule has 0 unspecified atom stereocenters. The number of aromatic carboxylic acids is 1. The van der Waals surface area contributed by atoms with Crippen LogP contribution in [0, 0.1) is 0 Å². The summed E-state index contributed by atoms with van der Waals surface area (Å²) in [6.45, 7) is 0.330. The number of benzene rings is 2. The first-order valence-corrected chi connectivity index (χ1v) is 6.78. The van der Waals surface area contributed by atoms with Crippen molar-refractivity contribution in [1.29, 1.82) is 0 Å². The summed E-state index contributed by atoms with van der Waals surface area (Å²) in [5.41, 5.74) is 2.02. The Morgan fingerprint density at radius 1 is 1.18 bits per heavy atom. The van der Waals surface area contributed by atoms with Crippen LogP contribution in [0.3, 0.4) is 0 Å². The number of aryl methyl sites for hydroxylation is 1. The van der Waals surface area contributed by atoms with Crippen LogP contribution in [0.15, 0.2) is 48.5 Å². The van der Waals surface area contributed by atoms with Gasteiger partial charge in [0, 0.05) is 24.0 Å². The normalized spacial score (nSPS) is 10.8. The van der Waals surface area contributed by atoms with Crippen molar-refractivity contribution in [3.05, 3.63) is 59.8 Å². The van der Waals surface area contributed by atoms with Crippen molar-refractivity contribution in [3.63, 3.8) is 0 Å². The third-order valence-corrected chi connectivity index (χ3v) is 3.60. The molecule has 2 aromatic carbocycles. The lowest BCUT2D eigenvalue weighted by Gasteiger charge is -2.08. The lowest BCUT2D eigenvalue weighted by Crippen LogP contribution is -2.02. The number of aromatic nitrogens is 1. The zero-order valence-electron chi connectivity index (χ0n) is 12.0. The molecule has 0 amide bonds. The summed E-state index contributed by atoms with van der Waals surface area (Å²) in [6, 6.07) is 13.6. The number of phenols is 1. The number of hydrogen-bond donors (Lipinski definition) is 2. The Morgan fingerprint density at radius 3 is 2.73 bits per heavy atom. The molecule has 0 radical (unpaired) electrons. The molecule has 112 valence electrons. The minimum atomic E-state index is -0.944. The van der Waals surface area contributed by atoms with Gasteiger partial charge in [0.1, 0.15) is 18.1 Å². The second-order valence-corrected chi connectivity index (χ2v) is 5.06. The Kier molecular flexibility index (Phi) is 3.47. The summed E-state index contributed by atoms with van der Waals surface area (Å²) in [4.78, 5) is 11.0. The summed E-state index contributed by atoms with van der Waals surface area (Å²) >= 11 is 0. The van der Waals surface area contributed by atoms with Crippen LogP contribution in [-0.2, 0) is 13.7 Å². The molecule has 3 aromatic rings. The van der Waals surface area contributed by atoms with E-state index >= 15 is 0 Å². The summed E-state index contributed by atoms with van der Waals surface area (Å²) in [6.07, 6.45) is 0. The monoisotopic (exact) mass is 297 g/mol. The maximum Gasteiger partial charge on any atom is 0.335 e. The van der Waals surface area contributed by atoms with E-state index in [4.69, 9.17) is 9.84 Å². The highest BCUT2D eigenvalue weighted by Crippen LogP contribution is 2.23. The molecule has 0 saturated heterocycles. The second-order valence-electron chi connectivity index (χ2n) is 5.06. The molecule has 22 heavy (non-hydrogen) atoms. The van der Waals surface area contributed by atoms with Crippen LogP contribution in [0.5, 0.6) is 11.5 Å². The maximum absolute atomic E-state index is 11.0. The van der Waals surface area contributed by atoms with Crippen LogP contribution in [0.1, 0.15) is 16.1 Å². The smallest absolute Gasteiger partial charge is 0.335 e. The van der Waals surface area contributed by atoms with E-state index < -0.39 is 5.97 Å². The van der Waals surface area contributed by atoms with Crippen LogP contribution in [-0.4, -0.2) is 20.7 Å². The Balaban J connectivity index is 1.88. The highest BCUT2D eigenvalue weighted by Gasteiger charge is 2.10. The van der Waals surface area contributed by atoms with Crippen molar-refractivity contribution in [3.8, 4) is 11.5 Å². The van der Waals surface area contributed by atoms with Crippen molar-refractivity contribution < 1.29 is 19.7 Å². The number of rotatable bonds is 4. The zero-order valence-corrected chi connectivity index (χ0v) is 12.0. The lowest BCUT2D eigenvalue weighted by molar-refractivity contribution is 0.0697. The quantitative estimate of drug-likeness (QED) is 0.776. The number of carboxylic acids is 1. The fourth-order valence-electron chi connectivity index (χ4n) is 2.39. The first-order chi connectivity index (χ1) is 10.5. The van der Waals surface area contributed by atoms with E-state index in [1.165, 1.54) is 0 Å². The molecule has 1 aromatic heterocycles. The molecule has 0 bridgehead atoms. The van der Waals surface area contributed by atoms with Crippen molar-refractivity contribution in [2.45, 2.75) is 6.61 Å². The van der Waals surface area contributed by atoms with Gasteiger partial charge in [-0.1, -0.05) is 12.1 Å². The number of hydrogen-bond acceptors (Lipinski definition) is 3. The van der Waals surface area contributed by atoms with Gasteiger partial charge in [0.05, 0.1) is 11.3 Å². The van der Waals surface area contributed by atoms with Crippen molar-refractivity contribution >= 4 is 16.9 Å². The van der Waals surface area contributed by atoms with E-state index in [0.29, 0.717) is 12.4 Å². The third kappa shape index (κ3) is 2.61. The van der Waals surface area contributed by atoms with E-state index in [9.17, 15) is 9.90 Å². The van der Waals surface area contributed by atoms with E-state index in [1.807, 2.05) is 17.7 Å². The van der Waals surface area contributed by atoms with Crippen LogP contribution < -0.4 is 4.74 Å². The topological polar surface area (TPSA) is 71.7 Å².